The zero-order valence-electron chi connectivity index (χ0n) is 16.0. The first kappa shape index (κ1) is 21.9. The van der Waals surface area contributed by atoms with E-state index in [0.717, 1.165) is 6.21 Å². The molecule has 10 heteroatoms. The number of hydrogen-bond acceptors (Lipinski definition) is 7. The SMILES string of the molecule is COc1cc([N+](=O)[O-])ccc1NC(=O)/C=N\OCC(=O)N(C(C)C)C(C)C. The average molecular weight is 380 g/mol. The number of rotatable bonds is 9. The maximum atomic E-state index is 12.1. The number of non-ortho nitro benzene ring substituents is 1. The summed E-state index contributed by atoms with van der Waals surface area (Å²) in [6.07, 6.45) is 0.864. The van der Waals surface area contributed by atoms with Crippen LogP contribution in [0.15, 0.2) is 23.4 Å². The van der Waals surface area contributed by atoms with Crippen LogP contribution in [0.3, 0.4) is 0 Å². The molecule has 0 unspecified atom stereocenters. The van der Waals surface area contributed by atoms with E-state index in [4.69, 9.17) is 9.57 Å². The summed E-state index contributed by atoms with van der Waals surface area (Å²) >= 11 is 0. The molecule has 0 aromatic heterocycles. The number of oxime groups is 1. The van der Waals surface area contributed by atoms with Gasteiger partial charge < -0.3 is 19.8 Å². The Morgan fingerprint density at radius 1 is 1.30 bits per heavy atom. The molecule has 0 bridgehead atoms. The van der Waals surface area contributed by atoms with Gasteiger partial charge in [0.05, 0.1) is 23.8 Å². The highest BCUT2D eigenvalue weighted by molar-refractivity contribution is 6.31. The second-order valence-corrected chi connectivity index (χ2v) is 6.13. The minimum atomic E-state index is -0.640. The third-order valence-electron chi connectivity index (χ3n) is 3.49. The molecule has 10 nitrogen and oxygen atoms in total. The largest absolute Gasteiger partial charge is 0.494 e. The fraction of sp³-hybridized carbons (Fsp3) is 0.471. The molecule has 0 aliphatic rings. The number of nitrogens with zero attached hydrogens (tertiary/aromatic N) is 3. The molecule has 0 spiro atoms. The third-order valence-corrected chi connectivity index (χ3v) is 3.49. The van der Waals surface area contributed by atoms with Gasteiger partial charge in [0.15, 0.2) is 6.61 Å². The molecule has 0 aliphatic heterocycles. The first-order chi connectivity index (χ1) is 12.7. The molecule has 0 fully saturated rings. The molecule has 0 saturated heterocycles. The van der Waals surface area contributed by atoms with Gasteiger partial charge in [0.2, 0.25) is 0 Å². The quantitative estimate of drug-likeness (QED) is 0.398. The molecule has 1 aromatic rings. The number of hydrogen-bond donors (Lipinski definition) is 1. The van der Waals surface area contributed by atoms with Crippen molar-refractivity contribution in [3.05, 3.63) is 28.3 Å². The summed E-state index contributed by atoms with van der Waals surface area (Å²) < 4.78 is 5.02. The number of carbonyl (C=O) groups excluding carboxylic acids is 2. The number of ether oxygens (including phenoxy) is 1. The van der Waals surface area contributed by atoms with Gasteiger partial charge in [-0.05, 0) is 33.8 Å². The predicted molar refractivity (Wildman–Crippen MR) is 99.8 cm³/mol. The van der Waals surface area contributed by atoms with Crippen LogP contribution in [-0.4, -0.2) is 53.7 Å². The van der Waals surface area contributed by atoms with Crippen molar-refractivity contribution in [1.29, 1.82) is 0 Å². The molecule has 1 N–H and O–H groups in total. The Hall–Kier alpha value is -3.17. The van der Waals surface area contributed by atoms with Crippen LogP contribution in [0, 0.1) is 10.1 Å². The van der Waals surface area contributed by atoms with Crippen LogP contribution < -0.4 is 10.1 Å². The zero-order valence-corrected chi connectivity index (χ0v) is 16.0. The van der Waals surface area contributed by atoms with Crippen molar-refractivity contribution in [3.63, 3.8) is 0 Å². The molecule has 0 atom stereocenters. The topological polar surface area (TPSA) is 123 Å². The minimum absolute atomic E-state index is 0.0166. The van der Waals surface area contributed by atoms with Crippen LogP contribution in [0.1, 0.15) is 27.7 Å². The Kier molecular flexibility index (Phi) is 8.18. The Morgan fingerprint density at radius 3 is 2.44 bits per heavy atom. The molecule has 0 radical (unpaired) electrons. The summed E-state index contributed by atoms with van der Waals surface area (Å²) in [6.45, 7) is 7.29. The van der Waals surface area contributed by atoms with Gasteiger partial charge in [0.25, 0.3) is 17.5 Å². The smallest absolute Gasteiger partial charge is 0.273 e. The van der Waals surface area contributed by atoms with Gasteiger partial charge >= 0.3 is 0 Å². The van der Waals surface area contributed by atoms with Gasteiger partial charge in [-0.15, -0.1) is 0 Å². The first-order valence-electron chi connectivity index (χ1n) is 8.27. The lowest BCUT2D eigenvalue weighted by molar-refractivity contribution is -0.384. The molecule has 27 heavy (non-hydrogen) atoms. The van der Waals surface area contributed by atoms with Crippen LogP contribution in [-0.2, 0) is 14.4 Å². The minimum Gasteiger partial charge on any atom is -0.494 e. The Labute approximate surface area is 157 Å². The highest BCUT2D eigenvalue weighted by atomic mass is 16.6. The van der Waals surface area contributed by atoms with Gasteiger partial charge in [0.1, 0.15) is 12.0 Å². The van der Waals surface area contributed by atoms with Gasteiger partial charge in [0, 0.05) is 18.2 Å². The van der Waals surface area contributed by atoms with E-state index in [0.29, 0.717) is 0 Å². The number of carbonyl (C=O) groups is 2. The van der Waals surface area contributed by atoms with Gasteiger partial charge in [-0.3, -0.25) is 19.7 Å². The van der Waals surface area contributed by atoms with Crippen LogP contribution >= 0.6 is 0 Å². The van der Waals surface area contributed by atoms with Crippen molar-refractivity contribution in [2.45, 2.75) is 39.8 Å². The summed E-state index contributed by atoms with van der Waals surface area (Å²) in [5, 5.41) is 16.7. The van der Waals surface area contributed by atoms with E-state index < -0.39 is 10.8 Å². The highest BCUT2D eigenvalue weighted by Gasteiger charge is 2.20. The van der Waals surface area contributed by atoms with E-state index in [2.05, 4.69) is 10.5 Å². The lowest BCUT2D eigenvalue weighted by atomic mass is 10.2. The second kappa shape index (κ2) is 10.1. The number of nitrogens with one attached hydrogen (secondary N) is 1. The van der Waals surface area contributed by atoms with Crippen molar-refractivity contribution in [3.8, 4) is 5.75 Å². The number of anilines is 1. The Balaban J connectivity index is 2.62. The van der Waals surface area contributed by atoms with E-state index in [-0.39, 0.29) is 41.7 Å². The highest BCUT2D eigenvalue weighted by Crippen LogP contribution is 2.28. The summed E-state index contributed by atoms with van der Waals surface area (Å²) in [5.74, 6) is -0.750. The molecule has 1 rings (SSSR count). The first-order valence-corrected chi connectivity index (χ1v) is 8.27. The van der Waals surface area contributed by atoms with Gasteiger partial charge in [-0.1, -0.05) is 5.16 Å². The maximum absolute atomic E-state index is 12.1. The van der Waals surface area contributed by atoms with E-state index >= 15 is 0 Å². The van der Waals surface area contributed by atoms with Crippen LogP contribution in [0.4, 0.5) is 11.4 Å². The van der Waals surface area contributed by atoms with Gasteiger partial charge in [-0.25, -0.2) is 0 Å². The normalized spacial score (nSPS) is 10.9. The van der Waals surface area contributed by atoms with E-state index in [1.165, 1.54) is 25.3 Å². The van der Waals surface area contributed by atoms with Crippen LogP contribution in [0.5, 0.6) is 5.75 Å². The maximum Gasteiger partial charge on any atom is 0.273 e. The second-order valence-electron chi connectivity index (χ2n) is 6.13. The molecule has 0 heterocycles. The molecular weight excluding hydrogens is 356 g/mol. The summed E-state index contributed by atoms with van der Waals surface area (Å²) in [5.41, 5.74) is 0.0710. The van der Waals surface area contributed by atoms with Crippen molar-refractivity contribution < 1.29 is 24.1 Å². The molecule has 0 aliphatic carbocycles. The Morgan fingerprint density at radius 2 is 1.93 bits per heavy atom. The molecule has 2 amide bonds. The van der Waals surface area contributed by atoms with Crippen molar-refractivity contribution in [2.75, 3.05) is 19.0 Å². The zero-order chi connectivity index (χ0) is 20.6. The lowest BCUT2D eigenvalue weighted by Gasteiger charge is -2.30. The number of nitro groups is 1. The lowest BCUT2D eigenvalue weighted by Crippen LogP contribution is -2.43. The number of methoxy groups -OCH3 is 1. The number of nitro benzene ring substituents is 1. The van der Waals surface area contributed by atoms with E-state index in [1.54, 1.807) is 4.90 Å². The molecule has 148 valence electrons. The predicted octanol–water partition coefficient (Wildman–Crippen LogP) is 2.19. The number of benzene rings is 1. The van der Waals surface area contributed by atoms with Crippen molar-refractivity contribution in [1.82, 2.24) is 4.90 Å². The summed E-state index contributed by atoms with van der Waals surface area (Å²) in [4.78, 5) is 40.7. The molecule has 0 saturated carbocycles. The Bertz CT molecular complexity index is 709. The number of amides is 2. The summed E-state index contributed by atoms with van der Waals surface area (Å²) in [7, 11) is 1.33. The van der Waals surface area contributed by atoms with E-state index in [9.17, 15) is 19.7 Å². The van der Waals surface area contributed by atoms with Crippen molar-refractivity contribution >= 4 is 29.4 Å². The average Bonchev–Trinajstić information content (AvgIpc) is 2.58. The fourth-order valence-electron chi connectivity index (χ4n) is 2.49. The van der Waals surface area contributed by atoms with Crippen LogP contribution in [0.25, 0.3) is 0 Å². The third kappa shape index (κ3) is 6.57. The monoisotopic (exact) mass is 380 g/mol. The fourth-order valence-corrected chi connectivity index (χ4v) is 2.49. The molecular formula is C17H24N4O6. The standard InChI is InChI=1S/C17H24N4O6/c1-11(2)20(12(3)4)17(23)10-27-18-9-16(22)19-14-7-6-13(21(24)25)8-15(14)26-5/h6-9,11-12H,10H2,1-5H3,(H,19,22)/b18-9-. The van der Waals surface area contributed by atoms with Crippen molar-refractivity contribution in [2.24, 2.45) is 5.16 Å². The molecule has 1 aromatic carbocycles. The van der Waals surface area contributed by atoms with Crippen LogP contribution in [0.2, 0.25) is 0 Å². The van der Waals surface area contributed by atoms with E-state index in [1.807, 2.05) is 27.7 Å². The summed E-state index contributed by atoms with van der Waals surface area (Å²) in [6, 6.07) is 3.80. The van der Waals surface area contributed by atoms with Gasteiger partial charge in [-0.2, -0.15) is 0 Å².